The molecule has 0 spiro atoms. The highest BCUT2D eigenvalue weighted by Gasteiger charge is 2.19. The Morgan fingerprint density at radius 3 is 2.95 bits per heavy atom. The number of phenolic OH excluding ortho intramolecular Hbond substituents is 1. The molecule has 104 valence electrons. The van der Waals surface area contributed by atoms with Crippen molar-refractivity contribution in [2.24, 2.45) is 0 Å². The minimum atomic E-state index is 0.378. The summed E-state index contributed by atoms with van der Waals surface area (Å²) < 4.78 is 0. The number of phenols is 1. The molecular formula is C18H21NO. The van der Waals surface area contributed by atoms with Gasteiger partial charge in [0, 0.05) is 12.6 Å². The first-order valence-electron chi connectivity index (χ1n) is 7.33. The van der Waals surface area contributed by atoms with E-state index in [1.807, 2.05) is 6.07 Å². The number of fused-ring (bicyclic) bond motifs is 1. The molecule has 1 aliphatic rings. The first-order chi connectivity index (χ1) is 9.72. The van der Waals surface area contributed by atoms with Crippen molar-refractivity contribution in [2.75, 3.05) is 0 Å². The van der Waals surface area contributed by atoms with Crippen molar-refractivity contribution in [3.63, 3.8) is 0 Å². The van der Waals surface area contributed by atoms with Crippen LogP contribution in [0.2, 0.25) is 0 Å². The maximum Gasteiger partial charge on any atom is 0.115 e. The lowest BCUT2D eigenvalue weighted by Gasteiger charge is -2.26. The number of nitrogens with one attached hydrogen (secondary N) is 1. The third-order valence-corrected chi connectivity index (χ3v) is 4.08. The molecule has 0 radical (unpaired) electrons. The molecule has 3 rings (SSSR count). The summed E-state index contributed by atoms with van der Waals surface area (Å²) in [6.45, 7) is 3.02. The zero-order valence-electron chi connectivity index (χ0n) is 11.9. The van der Waals surface area contributed by atoms with Crippen LogP contribution in [0.15, 0.2) is 42.5 Å². The molecule has 0 saturated heterocycles. The lowest BCUT2D eigenvalue weighted by Crippen LogP contribution is -2.24. The van der Waals surface area contributed by atoms with Crippen LogP contribution in [0.4, 0.5) is 0 Å². The van der Waals surface area contributed by atoms with E-state index in [2.05, 4.69) is 42.6 Å². The van der Waals surface area contributed by atoms with Crippen LogP contribution in [0.3, 0.4) is 0 Å². The van der Waals surface area contributed by atoms with E-state index in [-0.39, 0.29) is 0 Å². The Hall–Kier alpha value is -1.80. The fraction of sp³-hybridized carbons (Fsp3) is 0.333. The Kier molecular flexibility index (Phi) is 3.75. The van der Waals surface area contributed by atoms with Gasteiger partial charge in [0.15, 0.2) is 0 Å². The fourth-order valence-corrected chi connectivity index (χ4v) is 3.08. The first kappa shape index (κ1) is 13.2. The normalized spacial score (nSPS) is 17.8. The highest BCUT2D eigenvalue weighted by molar-refractivity contribution is 5.38. The standard InChI is InChI=1S/C18H21NO/c1-13-4-2-5-14(10-13)12-19-18-7-3-6-15-11-16(20)8-9-17(15)18/h2,4-5,8-11,18-20H,3,6-7,12H2,1H3. The highest BCUT2D eigenvalue weighted by atomic mass is 16.3. The molecule has 20 heavy (non-hydrogen) atoms. The Morgan fingerprint density at radius 1 is 1.20 bits per heavy atom. The number of aryl methyl sites for hydroxylation is 2. The SMILES string of the molecule is Cc1cccc(CNC2CCCc3cc(O)ccc32)c1. The van der Waals surface area contributed by atoms with Crippen molar-refractivity contribution in [1.29, 1.82) is 0 Å². The van der Waals surface area contributed by atoms with E-state index in [1.165, 1.54) is 35.1 Å². The first-order valence-corrected chi connectivity index (χ1v) is 7.33. The van der Waals surface area contributed by atoms with E-state index in [0.717, 1.165) is 13.0 Å². The van der Waals surface area contributed by atoms with Gasteiger partial charge < -0.3 is 10.4 Å². The van der Waals surface area contributed by atoms with E-state index < -0.39 is 0 Å². The quantitative estimate of drug-likeness (QED) is 0.885. The van der Waals surface area contributed by atoms with Crippen LogP contribution in [-0.4, -0.2) is 5.11 Å². The number of aromatic hydroxyl groups is 1. The summed E-state index contributed by atoms with van der Waals surface area (Å²) in [5, 5.41) is 13.3. The van der Waals surface area contributed by atoms with Gasteiger partial charge in [0.1, 0.15) is 5.75 Å². The van der Waals surface area contributed by atoms with E-state index in [0.29, 0.717) is 11.8 Å². The van der Waals surface area contributed by atoms with Gasteiger partial charge in [0.05, 0.1) is 0 Å². The van der Waals surface area contributed by atoms with Crippen molar-refractivity contribution >= 4 is 0 Å². The molecule has 2 N–H and O–H groups in total. The van der Waals surface area contributed by atoms with Gasteiger partial charge in [0.2, 0.25) is 0 Å². The number of hydrogen-bond donors (Lipinski definition) is 2. The molecule has 0 bridgehead atoms. The predicted molar refractivity (Wildman–Crippen MR) is 81.8 cm³/mol. The lowest BCUT2D eigenvalue weighted by molar-refractivity contribution is 0.449. The largest absolute Gasteiger partial charge is 0.508 e. The van der Waals surface area contributed by atoms with Crippen molar-refractivity contribution in [1.82, 2.24) is 5.32 Å². The second kappa shape index (κ2) is 5.68. The van der Waals surface area contributed by atoms with Gasteiger partial charge in [-0.25, -0.2) is 0 Å². The van der Waals surface area contributed by atoms with Crippen LogP contribution >= 0.6 is 0 Å². The molecule has 2 aromatic rings. The topological polar surface area (TPSA) is 32.3 Å². The Morgan fingerprint density at radius 2 is 2.10 bits per heavy atom. The van der Waals surface area contributed by atoms with Gasteiger partial charge in [-0.15, -0.1) is 0 Å². The van der Waals surface area contributed by atoms with Gasteiger partial charge in [-0.3, -0.25) is 0 Å². The Bertz CT molecular complexity index is 606. The number of hydrogen-bond acceptors (Lipinski definition) is 2. The molecule has 0 aliphatic heterocycles. The lowest BCUT2D eigenvalue weighted by atomic mass is 9.87. The van der Waals surface area contributed by atoms with Crippen molar-refractivity contribution in [2.45, 2.75) is 38.8 Å². The van der Waals surface area contributed by atoms with Crippen LogP contribution < -0.4 is 5.32 Å². The van der Waals surface area contributed by atoms with Crippen LogP contribution in [0, 0.1) is 6.92 Å². The summed E-state index contributed by atoms with van der Waals surface area (Å²) in [6.07, 6.45) is 3.43. The van der Waals surface area contributed by atoms with Gasteiger partial charge in [-0.1, -0.05) is 35.9 Å². The molecule has 0 fully saturated rings. The minimum absolute atomic E-state index is 0.378. The molecule has 0 aromatic heterocycles. The molecule has 1 aliphatic carbocycles. The molecule has 2 heteroatoms. The van der Waals surface area contributed by atoms with Crippen LogP contribution in [0.5, 0.6) is 5.75 Å². The summed E-state index contributed by atoms with van der Waals surface area (Å²) in [5.74, 6) is 0.378. The highest BCUT2D eigenvalue weighted by Crippen LogP contribution is 2.32. The molecule has 1 unspecified atom stereocenters. The maximum atomic E-state index is 9.59. The number of benzene rings is 2. The summed E-state index contributed by atoms with van der Waals surface area (Å²) >= 11 is 0. The van der Waals surface area contributed by atoms with Gasteiger partial charge in [0.25, 0.3) is 0 Å². The molecule has 1 atom stereocenters. The maximum absolute atomic E-state index is 9.59. The van der Waals surface area contributed by atoms with Crippen LogP contribution in [-0.2, 0) is 13.0 Å². The zero-order chi connectivity index (χ0) is 13.9. The molecule has 0 heterocycles. The molecule has 2 nitrogen and oxygen atoms in total. The second-order valence-electron chi connectivity index (χ2n) is 5.70. The zero-order valence-corrected chi connectivity index (χ0v) is 11.9. The monoisotopic (exact) mass is 267 g/mol. The smallest absolute Gasteiger partial charge is 0.115 e. The molecule has 0 amide bonds. The third kappa shape index (κ3) is 2.86. The minimum Gasteiger partial charge on any atom is -0.508 e. The second-order valence-corrected chi connectivity index (χ2v) is 5.70. The molecule has 0 saturated carbocycles. The predicted octanol–water partition coefficient (Wildman–Crippen LogP) is 3.87. The van der Waals surface area contributed by atoms with E-state index in [9.17, 15) is 5.11 Å². The van der Waals surface area contributed by atoms with Crippen molar-refractivity contribution in [3.05, 3.63) is 64.7 Å². The number of rotatable bonds is 3. The van der Waals surface area contributed by atoms with Crippen LogP contribution in [0.25, 0.3) is 0 Å². The van der Waals surface area contributed by atoms with Crippen LogP contribution in [0.1, 0.15) is 41.1 Å². The Labute approximate surface area is 120 Å². The van der Waals surface area contributed by atoms with Gasteiger partial charge in [-0.2, -0.15) is 0 Å². The third-order valence-electron chi connectivity index (χ3n) is 4.08. The summed E-state index contributed by atoms with van der Waals surface area (Å²) in [5.41, 5.74) is 5.27. The summed E-state index contributed by atoms with van der Waals surface area (Å²) in [4.78, 5) is 0. The summed E-state index contributed by atoms with van der Waals surface area (Å²) in [6, 6.07) is 14.8. The van der Waals surface area contributed by atoms with Crippen molar-refractivity contribution in [3.8, 4) is 5.75 Å². The Balaban J connectivity index is 1.73. The average molecular weight is 267 g/mol. The molecular weight excluding hydrogens is 246 g/mol. The van der Waals surface area contributed by atoms with Gasteiger partial charge in [-0.05, 0) is 55.0 Å². The van der Waals surface area contributed by atoms with E-state index in [1.54, 1.807) is 6.07 Å². The molecule has 2 aromatic carbocycles. The average Bonchev–Trinajstić information content (AvgIpc) is 2.44. The van der Waals surface area contributed by atoms with E-state index in [4.69, 9.17) is 0 Å². The van der Waals surface area contributed by atoms with Gasteiger partial charge >= 0.3 is 0 Å². The van der Waals surface area contributed by atoms with E-state index >= 15 is 0 Å². The fourth-order valence-electron chi connectivity index (χ4n) is 3.08. The van der Waals surface area contributed by atoms with Crippen molar-refractivity contribution < 1.29 is 5.11 Å². The summed E-state index contributed by atoms with van der Waals surface area (Å²) in [7, 11) is 0.